The molecule has 2 nitrogen and oxygen atoms in total. The molecule has 2 aromatic heterocycles. The predicted molar refractivity (Wildman–Crippen MR) is 80.0 cm³/mol. The van der Waals surface area contributed by atoms with E-state index in [1.54, 1.807) is 0 Å². The molecule has 0 radical (unpaired) electrons. The van der Waals surface area contributed by atoms with Crippen molar-refractivity contribution in [2.24, 2.45) is 0 Å². The molecule has 0 aliphatic carbocycles. The van der Waals surface area contributed by atoms with Gasteiger partial charge in [-0.15, -0.1) is 0 Å². The molecule has 0 N–H and O–H groups in total. The number of rotatable bonds is 2. The van der Waals surface area contributed by atoms with Crippen molar-refractivity contribution in [3.05, 3.63) is 63.9 Å². The Kier molecular flexibility index (Phi) is 3.21. The van der Waals surface area contributed by atoms with E-state index in [9.17, 15) is 0 Å². The molecule has 0 unspecified atom stereocenters. The molecule has 0 amide bonds. The van der Waals surface area contributed by atoms with Gasteiger partial charge in [-0.1, -0.05) is 29.3 Å². The quantitative estimate of drug-likeness (QED) is 0.669. The summed E-state index contributed by atoms with van der Waals surface area (Å²) in [6.45, 7) is 2.83. The number of hydrogen-bond donors (Lipinski definition) is 0. The Hall–Kier alpha value is -1.51. The lowest BCUT2D eigenvalue weighted by atomic mass is 10.2. The van der Waals surface area contributed by atoms with Crippen molar-refractivity contribution < 1.29 is 0 Å². The van der Waals surface area contributed by atoms with Gasteiger partial charge in [0.15, 0.2) is 0 Å². The molecule has 0 saturated heterocycles. The lowest BCUT2D eigenvalue weighted by molar-refractivity contribution is 0.823. The first-order chi connectivity index (χ1) is 9.15. The predicted octanol–water partition coefficient (Wildman–Crippen LogP) is 4.70. The summed E-state index contributed by atoms with van der Waals surface area (Å²) < 4.78 is 2.13. The molecule has 3 aromatic rings. The summed E-state index contributed by atoms with van der Waals surface area (Å²) in [4.78, 5) is 4.44. The number of fused-ring (bicyclic) bond motifs is 1. The number of hydrogen-bond acceptors (Lipinski definition) is 1. The lowest BCUT2D eigenvalue weighted by Crippen LogP contribution is -1.99. The average Bonchev–Trinajstić information content (AvgIpc) is 2.72. The Morgan fingerprint density at radius 3 is 2.79 bits per heavy atom. The Labute approximate surface area is 121 Å². The van der Waals surface area contributed by atoms with Gasteiger partial charge in [-0.3, -0.25) is 0 Å². The lowest BCUT2D eigenvalue weighted by Gasteiger charge is -2.06. The summed E-state index contributed by atoms with van der Waals surface area (Å²) in [5.41, 5.74) is 3.33. The third-order valence-corrected chi connectivity index (χ3v) is 3.91. The van der Waals surface area contributed by atoms with E-state index in [-0.39, 0.29) is 0 Å². The van der Waals surface area contributed by atoms with E-state index in [1.807, 2.05) is 30.5 Å². The number of nitrogens with zero attached hydrogens (tertiary/aromatic N) is 2. The summed E-state index contributed by atoms with van der Waals surface area (Å²) in [5.74, 6) is 0. The smallest absolute Gasteiger partial charge is 0.140 e. The molecule has 0 aliphatic heterocycles. The molecule has 0 atom stereocenters. The van der Waals surface area contributed by atoms with Gasteiger partial charge < -0.3 is 4.57 Å². The minimum Gasteiger partial charge on any atom is -0.328 e. The first-order valence-corrected chi connectivity index (χ1v) is 6.75. The van der Waals surface area contributed by atoms with Gasteiger partial charge in [0.05, 0.1) is 10.0 Å². The second kappa shape index (κ2) is 4.87. The highest BCUT2D eigenvalue weighted by atomic mass is 35.5. The van der Waals surface area contributed by atoms with Crippen LogP contribution in [0.2, 0.25) is 10.0 Å². The van der Waals surface area contributed by atoms with Crippen molar-refractivity contribution in [2.75, 3.05) is 0 Å². The van der Waals surface area contributed by atoms with Gasteiger partial charge in [0.1, 0.15) is 5.65 Å². The van der Waals surface area contributed by atoms with Gasteiger partial charge in [0.25, 0.3) is 0 Å². The maximum Gasteiger partial charge on any atom is 0.140 e. The van der Waals surface area contributed by atoms with Gasteiger partial charge in [-0.25, -0.2) is 4.98 Å². The largest absolute Gasteiger partial charge is 0.328 e. The van der Waals surface area contributed by atoms with Crippen LogP contribution in [0.3, 0.4) is 0 Å². The van der Waals surface area contributed by atoms with Crippen LogP contribution in [0, 0.1) is 6.92 Å². The van der Waals surface area contributed by atoms with Crippen LogP contribution in [0.15, 0.2) is 42.7 Å². The topological polar surface area (TPSA) is 17.8 Å². The van der Waals surface area contributed by atoms with Crippen LogP contribution >= 0.6 is 23.2 Å². The molecule has 3 rings (SSSR count). The molecule has 0 spiro atoms. The first-order valence-electron chi connectivity index (χ1n) is 5.99. The van der Waals surface area contributed by atoms with Crippen LogP contribution in [-0.4, -0.2) is 9.55 Å². The zero-order chi connectivity index (χ0) is 13.4. The molecule has 1 aromatic carbocycles. The Morgan fingerprint density at radius 1 is 1.16 bits per heavy atom. The van der Waals surface area contributed by atoms with E-state index in [2.05, 4.69) is 28.7 Å². The standard InChI is InChI=1S/C15H12Cl2N2/c1-10-8-19(15-12(10)3-2-6-18-15)9-11-4-5-13(16)14(17)7-11/h2-8H,9H2,1H3. The highest BCUT2D eigenvalue weighted by Crippen LogP contribution is 2.24. The number of benzene rings is 1. The van der Waals surface area contributed by atoms with E-state index in [1.165, 1.54) is 10.9 Å². The van der Waals surface area contributed by atoms with Gasteiger partial charge in [0.2, 0.25) is 0 Å². The Balaban J connectivity index is 2.03. The van der Waals surface area contributed by atoms with E-state index >= 15 is 0 Å². The van der Waals surface area contributed by atoms with Gasteiger partial charge in [-0.05, 0) is 42.3 Å². The zero-order valence-corrected chi connectivity index (χ0v) is 11.9. The zero-order valence-electron chi connectivity index (χ0n) is 10.4. The Morgan fingerprint density at radius 2 is 2.00 bits per heavy atom. The van der Waals surface area contributed by atoms with E-state index in [0.717, 1.165) is 17.8 Å². The second-order valence-electron chi connectivity index (χ2n) is 4.56. The molecule has 2 heterocycles. The maximum absolute atomic E-state index is 6.05. The summed E-state index contributed by atoms with van der Waals surface area (Å²) in [6, 6.07) is 9.75. The molecule has 0 aliphatic rings. The summed E-state index contributed by atoms with van der Waals surface area (Å²) in [6.07, 6.45) is 3.92. The maximum atomic E-state index is 6.05. The fourth-order valence-corrected chi connectivity index (χ4v) is 2.57. The number of aryl methyl sites for hydroxylation is 1. The number of halogens is 2. The van der Waals surface area contributed by atoms with Gasteiger partial charge in [0, 0.05) is 24.3 Å². The van der Waals surface area contributed by atoms with Crippen molar-refractivity contribution in [2.45, 2.75) is 13.5 Å². The molecule has 4 heteroatoms. The molecular weight excluding hydrogens is 279 g/mol. The fraction of sp³-hybridized carbons (Fsp3) is 0.133. The van der Waals surface area contributed by atoms with E-state index in [0.29, 0.717) is 10.0 Å². The summed E-state index contributed by atoms with van der Waals surface area (Å²) >= 11 is 12.0. The normalized spacial score (nSPS) is 11.1. The van der Waals surface area contributed by atoms with Crippen LogP contribution in [0.4, 0.5) is 0 Å². The first kappa shape index (κ1) is 12.5. The summed E-state index contributed by atoms with van der Waals surface area (Å²) in [5, 5.41) is 2.35. The minimum absolute atomic E-state index is 0.581. The van der Waals surface area contributed by atoms with E-state index < -0.39 is 0 Å². The molecule has 19 heavy (non-hydrogen) atoms. The van der Waals surface area contributed by atoms with Crippen LogP contribution in [0.25, 0.3) is 11.0 Å². The third-order valence-electron chi connectivity index (χ3n) is 3.17. The second-order valence-corrected chi connectivity index (χ2v) is 5.38. The average molecular weight is 291 g/mol. The van der Waals surface area contributed by atoms with Crippen molar-refractivity contribution in [3.63, 3.8) is 0 Å². The van der Waals surface area contributed by atoms with Gasteiger partial charge in [-0.2, -0.15) is 0 Å². The molecular formula is C15H12Cl2N2. The van der Waals surface area contributed by atoms with Crippen LogP contribution in [0.1, 0.15) is 11.1 Å². The van der Waals surface area contributed by atoms with Gasteiger partial charge >= 0.3 is 0 Å². The molecule has 0 saturated carbocycles. The third kappa shape index (κ3) is 2.34. The van der Waals surface area contributed by atoms with Crippen molar-refractivity contribution in [1.29, 1.82) is 0 Å². The van der Waals surface area contributed by atoms with Crippen LogP contribution < -0.4 is 0 Å². The molecule has 0 bridgehead atoms. The molecule has 0 fully saturated rings. The van der Waals surface area contributed by atoms with Crippen LogP contribution in [0.5, 0.6) is 0 Å². The van der Waals surface area contributed by atoms with Crippen LogP contribution in [-0.2, 0) is 6.54 Å². The minimum atomic E-state index is 0.581. The summed E-state index contributed by atoms with van der Waals surface area (Å²) in [7, 11) is 0. The highest BCUT2D eigenvalue weighted by molar-refractivity contribution is 6.42. The number of aromatic nitrogens is 2. The van der Waals surface area contributed by atoms with Crippen molar-refractivity contribution in [3.8, 4) is 0 Å². The van der Waals surface area contributed by atoms with E-state index in [4.69, 9.17) is 23.2 Å². The number of pyridine rings is 1. The van der Waals surface area contributed by atoms with Crippen molar-refractivity contribution >= 4 is 34.2 Å². The SMILES string of the molecule is Cc1cn(Cc2ccc(Cl)c(Cl)c2)c2ncccc12. The Bertz CT molecular complexity index is 747. The highest BCUT2D eigenvalue weighted by Gasteiger charge is 2.07. The van der Waals surface area contributed by atoms with Crippen molar-refractivity contribution in [1.82, 2.24) is 9.55 Å². The molecule has 96 valence electrons. The fourth-order valence-electron chi connectivity index (χ4n) is 2.25. The monoisotopic (exact) mass is 290 g/mol.